The van der Waals surface area contributed by atoms with E-state index in [-0.39, 0.29) is 5.41 Å². The number of nitrogens with one attached hydrogen (secondary N) is 2. The van der Waals surface area contributed by atoms with Crippen molar-refractivity contribution < 1.29 is 9.15 Å². The molecule has 6 nitrogen and oxygen atoms in total. The third kappa shape index (κ3) is 7.06. The van der Waals surface area contributed by atoms with Gasteiger partial charge in [0.15, 0.2) is 5.96 Å². The topological polar surface area (TPSA) is 71.7 Å². The molecule has 0 unspecified atom stereocenters. The standard InChI is InChI=1S/C19H34N4O2/c1-19(2,3)16-13-22-17(25-16)14-23-18(20-4)21-11-8-12-24-15-9-6-5-7-10-15/h13,15H,5-12,14H2,1-4H3,(H2,20,21,23). The maximum Gasteiger partial charge on any atom is 0.213 e. The molecule has 6 heteroatoms. The summed E-state index contributed by atoms with van der Waals surface area (Å²) in [6.45, 7) is 8.50. The maximum absolute atomic E-state index is 5.94. The van der Waals surface area contributed by atoms with Gasteiger partial charge >= 0.3 is 0 Å². The Bertz CT molecular complexity index is 528. The normalized spacial score (nSPS) is 16.9. The summed E-state index contributed by atoms with van der Waals surface area (Å²) in [5, 5.41) is 6.54. The molecule has 1 aromatic heterocycles. The predicted octanol–water partition coefficient (Wildman–Crippen LogP) is 3.38. The first-order chi connectivity index (χ1) is 12.0. The zero-order chi connectivity index (χ0) is 18.1. The second kappa shape index (κ2) is 9.80. The van der Waals surface area contributed by atoms with Crippen LogP contribution in [0.4, 0.5) is 0 Å². The quantitative estimate of drug-likeness (QED) is 0.448. The Morgan fingerprint density at radius 1 is 1.28 bits per heavy atom. The van der Waals surface area contributed by atoms with Crippen molar-refractivity contribution in [3.8, 4) is 0 Å². The lowest BCUT2D eigenvalue weighted by molar-refractivity contribution is 0.0277. The Labute approximate surface area is 151 Å². The molecule has 0 aliphatic heterocycles. The van der Waals surface area contributed by atoms with Crippen LogP contribution in [-0.2, 0) is 16.7 Å². The minimum Gasteiger partial charge on any atom is -0.443 e. The molecule has 1 aliphatic rings. The smallest absolute Gasteiger partial charge is 0.213 e. The van der Waals surface area contributed by atoms with E-state index in [4.69, 9.17) is 9.15 Å². The fourth-order valence-electron chi connectivity index (χ4n) is 2.88. The molecule has 1 aliphatic carbocycles. The zero-order valence-electron chi connectivity index (χ0n) is 16.2. The van der Waals surface area contributed by atoms with Crippen molar-refractivity contribution in [3.05, 3.63) is 17.8 Å². The van der Waals surface area contributed by atoms with E-state index in [0.29, 0.717) is 18.5 Å². The molecule has 0 spiro atoms. The molecular weight excluding hydrogens is 316 g/mol. The number of hydrogen-bond donors (Lipinski definition) is 2. The van der Waals surface area contributed by atoms with Crippen molar-refractivity contribution in [2.24, 2.45) is 4.99 Å². The number of hydrogen-bond acceptors (Lipinski definition) is 4. The van der Waals surface area contributed by atoms with Crippen LogP contribution in [0.15, 0.2) is 15.6 Å². The SMILES string of the molecule is CN=C(NCCCOC1CCCCC1)NCc1ncc(C(C)(C)C)o1. The van der Waals surface area contributed by atoms with Crippen LogP contribution in [0.1, 0.15) is 70.9 Å². The summed E-state index contributed by atoms with van der Waals surface area (Å²) in [7, 11) is 1.77. The fourth-order valence-corrected chi connectivity index (χ4v) is 2.88. The molecule has 142 valence electrons. The van der Waals surface area contributed by atoms with Crippen LogP contribution in [0.3, 0.4) is 0 Å². The molecule has 1 aromatic rings. The third-order valence-electron chi connectivity index (χ3n) is 4.44. The summed E-state index contributed by atoms with van der Waals surface area (Å²) in [4.78, 5) is 8.55. The van der Waals surface area contributed by atoms with Gasteiger partial charge in [-0.05, 0) is 19.3 Å². The molecule has 1 saturated carbocycles. The molecule has 0 atom stereocenters. The number of oxazole rings is 1. The first kappa shape index (κ1) is 19.8. The molecule has 0 saturated heterocycles. The van der Waals surface area contributed by atoms with E-state index in [2.05, 4.69) is 41.4 Å². The lowest BCUT2D eigenvalue weighted by Crippen LogP contribution is -2.37. The van der Waals surface area contributed by atoms with Crippen molar-refractivity contribution in [3.63, 3.8) is 0 Å². The third-order valence-corrected chi connectivity index (χ3v) is 4.44. The lowest BCUT2D eigenvalue weighted by Gasteiger charge is -2.22. The van der Waals surface area contributed by atoms with Crippen LogP contribution in [-0.4, -0.2) is 37.2 Å². The highest BCUT2D eigenvalue weighted by molar-refractivity contribution is 5.79. The largest absolute Gasteiger partial charge is 0.443 e. The summed E-state index contributed by atoms with van der Waals surface area (Å²) < 4.78 is 11.7. The van der Waals surface area contributed by atoms with Crippen molar-refractivity contribution in [1.82, 2.24) is 15.6 Å². The first-order valence-electron chi connectivity index (χ1n) is 9.50. The highest BCUT2D eigenvalue weighted by atomic mass is 16.5. The summed E-state index contributed by atoms with van der Waals surface area (Å²) in [6, 6.07) is 0. The van der Waals surface area contributed by atoms with E-state index >= 15 is 0 Å². The summed E-state index contributed by atoms with van der Waals surface area (Å²) in [5.74, 6) is 2.33. The second-order valence-corrected chi connectivity index (χ2v) is 7.71. The van der Waals surface area contributed by atoms with Crippen molar-refractivity contribution in [1.29, 1.82) is 0 Å². The van der Waals surface area contributed by atoms with Crippen LogP contribution < -0.4 is 10.6 Å². The van der Waals surface area contributed by atoms with Gasteiger partial charge in [-0.3, -0.25) is 4.99 Å². The van der Waals surface area contributed by atoms with E-state index in [1.54, 1.807) is 13.2 Å². The first-order valence-corrected chi connectivity index (χ1v) is 9.50. The molecule has 0 radical (unpaired) electrons. The van der Waals surface area contributed by atoms with Gasteiger partial charge < -0.3 is 19.8 Å². The number of guanidine groups is 1. The van der Waals surface area contributed by atoms with Gasteiger partial charge in [0.2, 0.25) is 5.89 Å². The Balaban J connectivity index is 1.61. The summed E-state index contributed by atoms with van der Waals surface area (Å²) in [6.07, 6.45) is 9.71. The van der Waals surface area contributed by atoms with Crippen molar-refractivity contribution in [2.75, 3.05) is 20.2 Å². The van der Waals surface area contributed by atoms with Crippen LogP contribution in [0.5, 0.6) is 0 Å². The number of ether oxygens (including phenoxy) is 1. The van der Waals surface area contributed by atoms with E-state index in [9.17, 15) is 0 Å². The minimum atomic E-state index is -0.0243. The monoisotopic (exact) mass is 350 g/mol. The Kier molecular flexibility index (Phi) is 7.75. The average Bonchev–Trinajstić information content (AvgIpc) is 3.07. The van der Waals surface area contributed by atoms with E-state index in [0.717, 1.165) is 31.3 Å². The van der Waals surface area contributed by atoms with Gasteiger partial charge in [0, 0.05) is 25.6 Å². The van der Waals surface area contributed by atoms with Gasteiger partial charge in [0.25, 0.3) is 0 Å². The van der Waals surface area contributed by atoms with Gasteiger partial charge in [-0.2, -0.15) is 0 Å². The Morgan fingerprint density at radius 2 is 2.04 bits per heavy atom. The molecule has 0 bridgehead atoms. The molecule has 0 aromatic carbocycles. The molecular formula is C19H34N4O2. The molecule has 25 heavy (non-hydrogen) atoms. The van der Waals surface area contributed by atoms with E-state index in [1.807, 2.05) is 0 Å². The van der Waals surface area contributed by atoms with Crippen molar-refractivity contribution >= 4 is 5.96 Å². The van der Waals surface area contributed by atoms with E-state index < -0.39 is 0 Å². The minimum absolute atomic E-state index is 0.0243. The molecule has 2 N–H and O–H groups in total. The van der Waals surface area contributed by atoms with Gasteiger partial charge in [0.05, 0.1) is 18.8 Å². The van der Waals surface area contributed by atoms with Gasteiger partial charge in [-0.1, -0.05) is 40.0 Å². The summed E-state index contributed by atoms with van der Waals surface area (Å²) >= 11 is 0. The number of aliphatic imine (C=N–C) groups is 1. The summed E-state index contributed by atoms with van der Waals surface area (Å²) in [5.41, 5.74) is -0.0243. The number of aromatic nitrogens is 1. The average molecular weight is 351 g/mol. The second-order valence-electron chi connectivity index (χ2n) is 7.71. The van der Waals surface area contributed by atoms with E-state index in [1.165, 1.54) is 32.1 Å². The molecule has 2 rings (SSSR count). The van der Waals surface area contributed by atoms with Crippen LogP contribution in [0.25, 0.3) is 0 Å². The number of nitrogens with zero attached hydrogens (tertiary/aromatic N) is 2. The van der Waals surface area contributed by atoms with Crippen LogP contribution in [0.2, 0.25) is 0 Å². The maximum atomic E-state index is 5.94. The van der Waals surface area contributed by atoms with Crippen LogP contribution >= 0.6 is 0 Å². The Hall–Kier alpha value is -1.56. The highest BCUT2D eigenvalue weighted by Gasteiger charge is 2.19. The molecule has 1 heterocycles. The van der Waals surface area contributed by atoms with Crippen LogP contribution in [0, 0.1) is 0 Å². The van der Waals surface area contributed by atoms with Gasteiger partial charge in [-0.25, -0.2) is 4.98 Å². The molecule has 0 amide bonds. The fraction of sp³-hybridized carbons (Fsp3) is 0.789. The zero-order valence-corrected chi connectivity index (χ0v) is 16.2. The highest BCUT2D eigenvalue weighted by Crippen LogP contribution is 2.22. The number of rotatable bonds is 7. The van der Waals surface area contributed by atoms with Crippen molar-refractivity contribution in [2.45, 2.75) is 77.4 Å². The molecule has 1 fully saturated rings. The van der Waals surface area contributed by atoms with Gasteiger partial charge in [0.1, 0.15) is 5.76 Å². The predicted molar refractivity (Wildman–Crippen MR) is 101 cm³/mol. The van der Waals surface area contributed by atoms with Gasteiger partial charge in [-0.15, -0.1) is 0 Å². The Morgan fingerprint density at radius 3 is 2.68 bits per heavy atom. The lowest BCUT2D eigenvalue weighted by atomic mass is 9.94.